The third-order valence-corrected chi connectivity index (χ3v) is 10.7. The molecule has 234 valence electrons. The summed E-state index contributed by atoms with van der Waals surface area (Å²) in [5.74, 6) is 0.681. The van der Waals surface area contributed by atoms with Gasteiger partial charge in [-0.15, -0.1) is 11.3 Å². The van der Waals surface area contributed by atoms with Gasteiger partial charge >= 0.3 is 0 Å². The molecule has 0 saturated heterocycles. The van der Waals surface area contributed by atoms with E-state index in [4.69, 9.17) is 14.4 Å². The van der Waals surface area contributed by atoms with Crippen LogP contribution in [0.15, 0.2) is 174 Å². The number of furan rings is 1. The van der Waals surface area contributed by atoms with E-state index in [1.807, 2.05) is 41.7 Å². The van der Waals surface area contributed by atoms with Crippen LogP contribution in [-0.4, -0.2) is 9.97 Å². The van der Waals surface area contributed by atoms with Gasteiger partial charge < -0.3 is 4.42 Å². The highest BCUT2D eigenvalue weighted by atomic mass is 32.1. The minimum absolute atomic E-state index is 0.681. The van der Waals surface area contributed by atoms with Crippen LogP contribution in [0.1, 0.15) is 0 Å². The largest absolute Gasteiger partial charge is 0.455 e. The van der Waals surface area contributed by atoms with E-state index in [1.165, 1.54) is 25.7 Å². The minimum atomic E-state index is 0.681. The monoisotopic (exact) mass is 656 g/mol. The molecule has 10 rings (SSSR count). The zero-order valence-corrected chi connectivity index (χ0v) is 27.7. The van der Waals surface area contributed by atoms with E-state index in [9.17, 15) is 0 Å². The highest BCUT2D eigenvalue weighted by Crippen LogP contribution is 2.46. The van der Waals surface area contributed by atoms with E-state index in [0.29, 0.717) is 5.82 Å². The van der Waals surface area contributed by atoms with Crippen LogP contribution in [0.3, 0.4) is 0 Å². The third-order valence-electron chi connectivity index (χ3n) is 9.54. The molecule has 10 aromatic rings. The zero-order chi connectivity index (χ0) is 33.0. The molecule has 3 nitrogen and oxygen atoms in total. The minimum Gasteiger partial charge on any atom is -0.455 e. The van der Waals surface area contributed by atoms with Gasteiger partial charge in [0.15, 0.2) is 5.82 Å². The second-order valence-electron chi connectivity index (χ2n) is 12.5. The molecule has 7 aromatic carbocycles. The average Bonchev–Trinajstić information content (AvgIpc) is 3.77. The molecule has 0 unspecified atom stereocenters. The van der Waals surface area contributed by atoms with Crippen molar-refractivity contribution in [2.45, 2.75) is 0 Å². The molecule has 0 bridgehead atoms. The molecule has 0 aliphatic carbocycles. The summed E-state index contributed by atoms with van der Waals surface area (Å²) in [6, 6.07) is 59.4. The molecule has 0 fully saturated rings. The molecule has 0 amide bonds. The van der Waals surface area contributed by atoms with Crippen LogP contribution in [-0.2, 0) is 0 Å². The van der Waals surface area contributed by atoms with E-state index in [1.54, 1.807) is 0 Å². The Morgan fingerprint density at radius 1 is 0.400 bits per heavy atom. The molecule has 0 N–H and O–H groups in total. The average molecular weight is 657 g/mol. The van der Waals surface area contributed by atoms with Gasteiger partial charge in [-0.25, -0.2) is 9.97 Å². The van der Waals surface area contributed by atoms with E-state index in [-0.39, 0.29) is 0 Å². The molecular formula is C46H28N2OS. The van der Waals surface area contributed by atoms with Crippen LogP contribution in [0.4, 0.5) is 0 Å². The topological polar surface area (TPSA) is 38.9 Å². The van der Waals surface area contributed by atoms with Crippen molar-refractivity contribution in [3.8, 4) is 56.2 Å². The summed E-state index contributed by atoms with van der Waals surface area (Å²) >= 11 is 1.83. The molecule has 3 heterocycles. The SMILES string of the molecule is c1ccc(-c2nc(-c3ccccc3-c3ccccc3)cc(-c3ccc(-c4cccc5sc6ccccc6c45)c4oc5ccccc5c34)n2)cc1. The number of rotatable bonds is 5. The van der Waals surface area contributed by atoms with E-state index >= 15 is 0 Å². The Hall–Kier alpha value is -6.36. The van der Waals surface area contributed by atoms with Gasteiger partial charge in [0.2, 0.25) is 0 Å². The van der Waals surface area contributed by atoms with Gasteiger partial charge in [0.25, 0.3) is 0 Å². The fraction of sp³-hybridized carbons (Fsp3) is 0. The molecule has 0 saturated carbocycles. The standard InChI is InChI=1S/C46H28N2OS/c1-3-14-29(15-4-1)31-18-7-8-19-32(31)38-28-39(48-46(47-38)30-16-5-2-6-17-30)35-27-26-34(45-44(35)36-20-9-11-23-40(36)49-45)33-22-13-25-42-43(33)37-21-10-12-24-41(37)50-42/h1-28H. The Kier molecular flexibility index (Phi) is 6.68. The lowest BCUT2D eigenvalue weighted by atomic mass is 9.93. The van der Waals surface area contributed by atoms with Crippen LogP contribution in [0.25, 0.3) is 98.3 Å². The zero-order valence-electron chi connectivity index (χ0n) is 26.9. The van der Waals surface area contributed by atoms with Crippen LogP contribution in [0.5, 0.6) is 0 Å². The van der Waals surface area contributed by atoms with Crippen molar-refractivity contribution >= 4 is 53.4 Å². The first-order valence-electron chi connectivity index (χ1n) is 16.7. The number of benzene rings is 7. The first-order chi connectivity index (χ1) is 24.8. The molecule has 50 heavy (non-hydrogen) atoms. The Morgan fingerprint density at radius 2 is 1.00 bits per heavy atom. The molecule has 3 aromatic heterocycles. The number of fused-ring (bicyclic) bond motifs is 6. The maximum atomic E-state index is 6.80. The van der Waals surface area contributed by atoms with Crippen molar-refractivity contribution in [1.29, 1.82) is 0 Å². The summed E-state index contributed by atoms with van der Waals surface area (Å²) in [5.41, 5.74) is 11.0. The predicted molar refractivity (Wildman–Crippen MR) is 209 cm³/mol. The van der Waals surface area contributed by atoms with Crippen molar-refractivity contribution in [2.24, 2.45) is 0 Å². The second-order valence-corrected chi connectivity index (χ2v) is 13.6. The molecule has 0 aliphatic rings. The molecule has 0 spiro atoms. The fourth-order valence-corrected chi connectivity index (χ4v) is 8.40. The Labute approximate surface area is 292 Å². The quantitative estimate of drug-likeness (QED) is 0.185. The van der Waals surface area contributed by atoms with Crippen LogP contribution >= 0.6 is 11.3 Å². The summed E-state index contributed by atoms with van der Waals surface area (Å²) in [5, 5.41) is 4.64. The number of hydrogen-bond acceptors (Lipinski definition) is 4. The van der Waals surface area contributed by atoms with E-state index < -0.39 is 0 Å². The maximum absolute atomic E-state index is 6.80. The van der Waals surface area contributed by atoms with Crippen molar-refractivity contribution in [3.63, 3.8) is 0 Å². The number of para-hydroxylation sites is 1. The first-order valence-corrected chi connectivity index (χ1v) is 17.6. The molecular weight excluding hydrogens is 629 g/mol. The Balaban J connectivity index is 1.26. The van der Waals surface area contributed by atoms with Crippen molar-refractivity contribution in [2.75, 3.05) is 0 Å². The van der Waals surface area contributed by atoms with Crippen LogP contribution < -0.4 is 0 Å². The van der Waals surface area contributed by atoms with E-state index in [0.717, 1.165) is 66.7 Å². The number of nitrogens with zero attached hydrogens (tertiary/aromatic N) is 2. The first kappa shape index (κ1) is 28.6. The molecule has 4 heteroatoms. The summed E-state index contributed by atoms with van der Waals surface area (Å²) < 4.78 is 9.35. The molecule has 0 radical (unpaired) electrons. The maximum Gasteiger partial charge on any atom is 0.160 e. The van der Waals surface area contributed by atoms with E-state index in [2.05, 4.69) is 140 Å². The number of hydrogen-bond donors (Lipinski definition) is 0. The normalized spacial score (nSPS) is 11.6. The van der Waals surface area contributed by atoms with Gasteiger partial charge in [0.1, 0.15) is 11.2 Å². The van der Waals surface area contributed by atoms with Crippen molar-refractivity contribution in [3.05, 3.63) is 170 Å². The smallest absolute Gasteiger partial charge is 0.160 e. The summed E-state index contributed by atoms with van der Waals surface area (Å²) in [4.78, 5) is 10.5. The fourth-order valence-electron chi connectivity index (χ4n) is 7.27. The lowest BCUT2D eigenvalue weighted by Crippen LogP contribution is -1.97. The number of aromatic nitrogens is 2. The second kappa shape index (κ2) is 11.7. The summed E-state index contributed by atoms with van der Waals surface area (Å²) in [7, 11) is 0. The van der Waals surface area contributed by atoms with Gasteiger partial charge in [-0.05, 0) is 47.0 Å². The highest BCUT2D eigenvalue weighted by molar-refractivity contribution is 7.25. The highest BCUT2D eigenvalue weighted by Gasteiger charge is 2.22. The lowest BCUT2D eigenvalue weighted by molar-refractivity contribution is 0.670. The van der Waals surface area contributed by atoms with Gasteiger partial charge in [0, 0.05) is 53.2 Å². The Morgan fingerprint density at radius 3 is 1.82 bits per heavy atom. The van der Waals surface area contributed by atoms with Crippen molar-refractivity contribution in [1.82, 2.24) is 9.97 Å². The van der Waals surface area contributed by atoms with Gasteiger partial charge in [0.05, 0.1) is 11.4 Å². The van der Waals surface area contributed by atoms with Crippen LogP contribution in [0.2, 0.25) is 0 Å². The van der Waals surface area contributed by atoms with Gasteiger partial charge in [-0.1, -0.05) is 140 Å². The van der Waals surface area contributed by atoms with Crippen LogP contribution in [0, 0.1) is 0 Å². The van der Waals surface area contributed by atoms with Crippen molar-refractivity contribution < 1.29 is 4.42 Å². The lowest BCUT2D eigenvalue weighted by Gasteiger charge is -2.14. The Bertz CT molecular complexity index is 2870. The summed E-state index contributed by atoms with van der Waals surface area (Å²) in [6.07, 6.45) is 0. The predicted octanol–water partition coefficient (Wildman–Crippen LogP) is 13.1. The number of thiophene rings is 1. The van der Waals surface area contributed by atoms with Gasteiger partial charge in [-0.3, -0.25) is 0 Å². The molecule has 0 aliphatic heterocycles. The molecule has 0 atom stereocenters. The van der Waals surface area contributed by atoms with Gasteiger partial charge in [-0.2, -0.15) is 0 Å². The summed E-state index contributed by atoms with van der Waals surface area (Å²) in [6.45, 7) is 0. The third kappa shape index (κ3) is 4.65.